The molecule has 0 aliphatic rings. The Labute approximate surface area is 151 Å². The molecule has 0 bridgehead atoms. The predicted molar refractivity (Wildman–Crippen MR) is 97.7 cm³/mol. The molecule has 0 fully saturated rings. The van der Waals surface area contributed by atoms with Crippen LogP contribution < -0.4 is 10.1 Å². The van der Waals surface area contributed by atoms with E-state index in [1.165, 1.54) is 11.3 Å². The van der Waals surface area contributed by atoms with Crippen molar-refractivity contribution in [3.05, 3.63) is 52.2 Å². The van der Waals surface area contributed by atoms with Crippen molar-refractivity contribution in [2.75, 3.05) is 11.9 Å². The number of hydrogen-bond donors (Lipinski definition) is 1. The highest BCUT2D eigenvalue weighted by molar-refractivity contribution is 9.10. The van der Waals surface area contributed by atoms with Gasteiger partial charge in [-0.15, -0.1) is 11.3 Å². The third-order valence-corrected chi connectivity index (χ3v) is 4.33. The van der Waals surface area contributed by atoms with Crippen LogP contribution in [0.25, 0.3) is 11.3 Å². The van der Waals surface area contributed by atoms with Gasteiger partial charge in [0.2, 0.25) is 0 Å². The predicted octanol–water partition coefficient (Wildman–Crippen LogP) is 5.21. The Morgan fingerprint density at radius 3 is 2.75 bits per heavy atom. The number of rotatable bonds is 6. The van der Waals surface area contributed by atoms with Crippen molar-refractivity contribution in [1.82, 2.24) is 4.98 Å². The second kappa shape index (κ2) is 7.63. The van der Waals surface area contributed by atoms with Gasteiger partial charge in [0, 0.05) is 10.9 Å². The molecule has 1 amide bonds. The van der Waals surface area contributed by atoms with Crippen LogP contribution in [-0.2, 0) is 0 Å². The Bertz CT molecular complexity index is 826. The minimum atomic E-state index is -0.329. The molecule has 3 aromatic rings. The van der Waals surface area contributed by atoms with Crippen molar-refractivity contribution in [3.8, 4) is 17.0 Å². The summed E-state index contributed by atoms with van der Waals surface area (Å²) in [4.78, 5) is 16.5. The average Bonchev–Trinajstić information content (AvgIpc) is 3.22. The number of anilines is 1. The number of ether oxygens (including phenoxy) is 1. The zero-order chi connectivity index (χ0) is 16.9. The fourth-order valence-electron chi connectivity index (χ4n) is 2.00. The van der Waals surface area contributed by atoms with Crippen molar-refractivity contribution in [1.29, 1.82) is 0 Å². The van der Waals surface area contributed by atoms with E-state index in [9.17, 15) is 4.79 Å². The van der Waals surface area contributed by atoms with E-state index >= 15 is 0 Å². The lowest BCUT2D eigenvalue weighted by Gasteiger charge is -2.04. The number of carbonyl (C=O) groups is 1. The van der Waals surface area contributed by atoms with Crippen LogP contribution in [0.2, 0.25) is 0 Å². The summed E-state index contributed by atoms with van der Waals surface area (Å²) >= 11 is 4.54. The number of nitrogens with one attached hydrogen (secondary N) is 1. The van der Waals surface area contributed by atoms with Gasteiger partial charge in [0.1, 0.15) is 5.75 Å². The quantitative estimate of drug-likeness (QED) is 0.610. The number of thiazole rings is 1. The topological polar surface area (TPSA) is 64.4 Å². The van der Waals surface area contributed by atoms with Crippen LogP contribution in [-0.4, -0.2) is 17.5 Å². The Morgan fingerprint density at radius 1 is 1.29 bits per heavy atom. The average molecular weight is 407 g/mol. The van der Waals surface area contributed by atoms with Crippen molar-refractivity contribution in [2.24, 2.45) is 0 Å². The molecule has 0 saturated heterocycles. The first-order chi connectivity index (χ1) is 11.7. The summed E-state index contributed by atoms with van der Waals surface area (Å²) < 4.78 is 11.3. The highest BCUT2D eigenvalue weighted by atomic mass is 79.9. The van der Waals surface area contributed by atoms with Gasteiger partial charge in [-0.25, -0.2) is 4.98 Å². The van der Waals surface area contributed by atoms with Gasteiger partial charge < -0.3 is 9.15 Å². The second-order valence-electron chi connectivity index (χ2n) is 4.97. The molecule has 2 heterocycles. The standard InChI is InChI=1S/C17H15BrN2O3S/c1-2-9-22-12-5-3-11(4-6-12)13-10-24-17(19-13)20-16(21)14-7-8-15(18)23-14/h3-8,10H,2,9H2,1H3,(H,19,20,21). The van der Waals surface area contributed by atoms with E-state index in [0.29, 0.717) is 16.4 Å². The Morgan fingerprint density at radius 2 is 2.08 bits per heavy atom. The van der Waals surface area contributed by atoms with E-state index in [1.54, 1.807) is 12.1 Å². The number of carbonyl (C=O) groups excluding carboxylic acids is 1. The van der Waals surface area contributed by atoms with Crippen LogP contribution in [0.1, 0.15) is 23.9 Å². The summed E-state index contributed by atoms with van der Waals surface area (Å²) in [6, 6.07) is 11.0. The highest BCUT2D eigenvalue weighted by Gasteiger charge is 2.13. The van der Waals surface area contributed by atoms with Crippen molar-refractivity contribution >= 4 is 38.3 Å². The molecule has 0 saturated carbocycles. The van der Waals surface area contributed by atoms with E-state index in [4.69, 9.17) is 9.15 Å². The Balaban J connectivity index is 1.67. The summed E-state index contributed by atoms with van der Waals surface area (Å²) in [5.41, 5.74) is 1.77. The molecule has 0 atom stereocenters. The lowest BCUT2D eigenvalue weighted by molar-refractivity contribution is 0.0995. The van der Waals surface area contributed by atoms with Crippen LogP contribution >= 0.6 is 27.3 Å². The highest BCUT2D eigenvalue weighted by Crippen LogP contribution is 2.27. The molecule has 5 nitrogen and oxygen atoms in total. The van der Waals surface area contributed by atoms with Gasteiger partial charge >= 0.3 is 0 Å². The van der Waals surface area contributed by atoms with Crippen molar-refractivity contribution < 1.29 is 13.9 Å². The monoisotopic (exact) mass is 406 g/mol. The van der Waals surface area contributed by atoms with Crippen LogP contribution in [0.3, 0.4) is 0 Å². The zero-order valence-electron chi connectivity index (χ0n) is 12.9. The van der Waals surface area contributed by atoms with Gasteiger partial charge in [-0.3, -0.25) is 10.1 Å². The van der Waals surface area contributed by atoms with Gasteiger partial charge in [-0.1, -0.05) is 6.92 Å². The van der Waals surface area contributed by atoms with Gasteiger partial charge in [-0.2, -0.15) is 0 Å². The normalized spacial score (nSPS) is 10.6. The van der Waals surface area contributed by atoms with Gasteiger partial charge in [0.15, 0.2) is 15.6 Å². The van der Waals surface area contributed by atoms with Gasteiger partial charge in [0.05, 0.1) is 12.3 Å². The molecule has 0 aliphatic carbocycles. The van der Waals surface area contributed by atoms with Crippen LogP contribution in [0.5, 0.6) is 5.75 Å². The van der Waals surface area contributed by atoms with E-state index in [-0.39, 0.29) is 11.7 Å². The maximum atomic E-state index is 12.0. The van der Waals surface area contributed by atoms with E-state index in [2.05, 4.69) is 33.2 Å². The SMILES string of the molecule is CCCOc1ccc(-c2csc(NC(=O)c3ccc(Br)o3)n2)cc1. The third kappa shape index (κ3) is 4.04. The third-order valence-electron chi connectivity index (χ3n) is 3.14. The van der Waals surface area contributed by atoms with Crippen LogP contribution in [0.4, 0.5) is 5.13 Å². The Kier molecular flexibility index (Phi) is 5.32. The number of nitrogens with zero attached hydrogens (tertiary/aromatic N) is 1. The molecule has 124 valence electrons. The molecule has 2 aromatic heterocycles. The maximum absolute atomic E-state index is 12.0. The molecular weight excluding hydrogens is 392 g/mol. The molecule has 24 heavy (non-hydrogen) atoms. The molecule has 0 radical (unpaired) electrons. The summed E-state index contributed by atoms with van der Waals surface area (Å²) in [6.07, 6.45) is 0.975. The first kappa shape index (κ1) is 16.7. The summed E-state index contributed by atoms with van der Waals surface area (Å²) in [7, 11) is 0. The molecule has 0 aliphatic heterocycles. The number of furan rings is 1. The molecule has 0 unspecified atom stereocenters. The lowest BCUT2D eigenvalue weighted by atomic mass is 10.2. The number of amides is 1. The summed E-state index contributed by atoms with van der Waals surface area (Å²) in [5.74, 6) is 0.744. The van der Waals surface area contributed by atoms with E-state index < -0.39 is 0 Å². The summed E-state index contributed by atoms with van der Waals surface area (Å²) in [6.45, 7) is 2.77. The van der Waals surface area contributed by atoms with Crippen LogP contribution in [0, 0.1) is 0 Å². The first-order valence-electron chi connectivity index (χ1n) is 7.41. The van der Waals surface area contributed by atoms with E-state index in [1.807, 2.05) is 29.6 Å². The molecule has 0 spiro atoms. The number of hydrogen-bond acceptors (Lipinski definition) is 5. The molecular formula is C17H15BrN2O3S. The molecule has 7 heteroatoms. The molecule has 3 rings (SSSR count). The zero-order valence-corrected chi connectivity index (χ0v) is 15.3. The first-order valence-corrected chi connectivity index (χ1v) is 9.08. The number of halogens is 1. The maximum Gasteiger partial charge on any atom is 0.293 e. The van der Waals surface area contributed by atoms with Gasteiger partial charge in [-0.05, 0) is 58.7 Å². The largest absolute Gasteiger partial charge is 0.494 e. The van der Waals surface area contributed by atoms with Crippen molar-refractivity contribution in [2.45, 2.75) is 13.3 Å². The second-order valence-corrected chi connectivity index (χ2v) is 6.61. The van der Waals surface area contributed by atoms with E-state index in [0.717, 1.165) is 23.4 Å². The van der Waals surface area contributed by atoms with Gasteiger partial charge in [0.25, 0.3) is 5.91 Å². The van der Waals surface area contributed by atoms with Crippen molar-refractivity contribution in [3.63, 3.8) is 0 Å². The lowest BCUT2D eigenvalue weighted by Crippen LogP contribution is -2.10. The minimum Gasteiger partial charge on any atom is -0.494 e. The Hall–Kier alpha value is -2.12. The van der Waals surface area contributed by atoms with Crippen LogP contribution in [0.15, 0.2) is 50.9 Å². The fraction of sp³-hybridized carbons (Fsp3) is 0.176. The molecule has 1 aromatic carbocycles. The summed E-state index contributed by atoms with van der Waals surface area (Å²) in [5, 5.41) is 5.15. The number of benzene rings is 1. The molecule has 1 N–H and O–H groups in total. The smallest absolute Gasteiger partial charge is 0.293 e. The fourth-order valence-corrected chi connectivity index (χ4v) is 3.02. The minimum absolute atomic E-state index is 0.232. The number of aromatic nitrogens is 1.